The Kier molecular flexibility index (Phi) is 6.86. The van der Waals surface area contributed by atoms with Gasteiger partial charge in [-0.3, -0.25) is 0 Å². The molecule has 1 aliphatic rings. The molecule has 0 aliphatic carbocycles. The topological polar surface area (TPSA) is 96.8 Å². The van der Waals surface area contributed by atoms with Gasteiger partial charge < -0.3 is 19.7 Å². The van der Waals surface area contributed by atoms with E-state index in [1.165, 1.54) is 0 Å². The summed E-state index contributed by atoms with van der Waals surface area (Å²) in [6.07, 6.45) is 1.70. The van der Waals surface area contributed by atoms with Crippen LogP contribution in [0.4, 0.5) is 17.8 Å². The van der Waals surface area contributed by atoms with E-state index in [0.29, 0.717) is 37.6 Å². The SMILES string of the molecule is COc1ccc(/C=N\Nc2nc(NCc3ccccc3)nc(N3CCOCC3)n2)cc1. The molecule has 4 rings (SSSR count). The van der Waals surface area contributed by atoms with Crippen molar-refractivity contribution in [3.8, 4) is 5.75 Å². The first-order valence-electron chi connectivity index (χ1n) is 10.1. The fourth-order valence-corrected chi connectivity index (χ4v) is 3.03. The second kappa shape index (κ2) is 10.4. The van der Waals surface area contributed by atoms with Gasteiger partial charge in [0.2, 0.25) is 17.8 Å². The summed E-state index contributed by atoms with van der Waals surface area (Å²) in [5.74, 6) is 2.25. The van der Waals surface area contributed by atoms with Crippen LogP contribution in [0.3, 0.4) is 0 Å². The Morgan fingerprint density at radius 2 is 1.74 bits per heavy atom. The number of benzene rings is 2. The average molecular weight is 419 g/mol. The Labute approximate surface area is 181 Å². The van der Waals surface area contributed by atoms with Gasteiger partial charge in [-0.2, -0.15) is 20.1 Å². The molecule has 1 fully saturated rings. The van der Waals surface area contributed by atoms with Crippen molar-refractivity contribution in [2.24, 2.45) is 5.10 Å². The van der Waals surface area contributed by atoms with Crippen molar-refractivity contribution in [3.05, 3.63) is 65.7 Å². The summed E-state index contributed by atoms with van der Waals surface area (Å²) < 4.78 is 10.6. The minimum absolute atomic E-state index is 0.372. The number of hydrogen-bond donors (Lipinski definition) is 2. The molecule has 1 aliphatic heterocycles. The Hall–Kier alpha value is -3.72. The number of nitrogens with zero attached hydrogens (tertiary/aromatic N) is 5. The molecule has 160 valence electrons. The summed E-state index contributed by atoms with van der Waals surface area (Å²) in [7, 11) is 1.64. The van der Waals surface area contributed by atoms with Gasteiger partial charge in [0, 0.05) is 19.6 Å². The zero-order chi connectivity index (χ0) is 21.3. The zero-order valence-electron chi connectivity index (χ0n) is 17.4. The molecule has 0 amide bonds. The lowest BCUT2D eigenvalue weighted by molar-refractivity contribution is 0.122. The lowest BCUT2D eigenvalue weighted by Gasteiger charge is -2.27. The Morgan fingerprint density at radius 3 is 2.48 bits per heavy atom. The van der Waals surface area contributed by atoms with Crippen molar-refractivity contribution in [2.45, 2.75) is 6.54 Å². The monoisotopic (exact) mass is 419 g/mol. The fourth-order valence-electron chi connectivity index (χ4n) is 3.03. The number of nitrogens with one attached hydrogen (secondary N) is 2. The van der Waals surface area contributed by atoms with Crippen molar-refractivity contribution < 1.29 is 9.47 Å². The van der Waals surface area contributed by atoms with Gasteiger partial charge in [0.05, 0.1) is 26.5 Å². The molecule has 2 N–H and O–H groups in total. The van der Waals surface area contributed by atoms with Crippen LogP contribution < -0.4 is 20.4 Å². The number of rotatable bonds is 8. The van der Waals surface area contributed by atoms with Crippen molar-refractivity contribution in [1.29, 1.82) is 0 Å². The first-order valence-corrected chi connectivity index (χ1v) is 10.1. The standard InChI is InChI=1S/C22H25N7O2/c1-30-19-9-7-18(8-10-19)16-24-28-21-25-20(23-15-17-5-3-2-4-6-17)26-22(27-21)29-11-13-31-14-12-29/h2-10,16H,11-15H2,1H3,(H2,23,25,26,27,28)/b24-16-. The normalized spacial score (nSPS) is 13.9. The fraction of sp³-hybridized carbons (Fsp3) is 0.273. The highest BCUT2D eigenvalue weighted by molar-refractivity contribution is 5.80. The lowest BCUT2D eigenvalue weighted by Crippen LogP contribution is -2.37. The molecule has 0 radical (unpaired) electrons. The van der Waals surface area contributed by atoms with E-state index < -0.39 is 0 Å². The van der Waals surface area contributed by atoms with E-state index in [1.807, 2.05) is 42.5 Å². The van der Waals surface area contributed by atoms with E-state index in [0.717, 1.165) is 30.0 Å². The molecule has 0 saturated carbocycles. The van der Waals surface area contributed by atoms with Crippen LogP contribution >= 0.6 is 0 Å². The summed E-state index contributed by atoms with van der Waals surface area (Å²) in [6.45, 7) is 3.38. The van der Waals surface area contributed by atoms with Crippen LogP contribution in [0.25, 0.3) is 0 Å². The van der Waals surface area contributed by atoms with Crippen LogP contribution in [0, 0.1) is 0 Å². The molecular formula is C22H25N7O2. The molecule has 31 heavy (non-hydrogen) atoms. The zero-order valence-corrected chi connectivity index (χ0v) is 17.4. The molecule has 0 atom stereocenters. The highest BCUT2D eigenvalue weighted by atomic mass is 16.5. The predicted octanol–water partition coefficient (Wildman–Crippen LogP) is 2.77. The van der Waals surface area contributed by atoms with Crippen LogP contribution in [0.15, 0.2) is 59.7 Å². The number of hydrazone groups is 1. The molecule has 9 heteroatoms. The summed E-state index contributed by atoms with van der Waals surface area (Å²) in [5.41, 5.74) is 4.99. The first-order chi connectivity index (χ1) is 15.3. The van der Waals surface area contributed by atoms with Gasteiger partial charge in [-0.05, 0) is 35.4 Å². The maximum Gasteiger partial charge on any atom is 0.250 e. The number of aromatic nitrogens is 3. The minimum atomic E-state index is 0.372. The lowest BCUT2D eigenvalue weighted by atomic mass is 10.2. The van der Waals surface area contributed by atoms with Gasteiger partial charge in [0.25, 0.3) is 0 Å². The van der Waals surface area contributed by atoms with Gasteiger partial charge in [-0.25, -0.2) is 5.43 Å². The average Bonchev–Trinajstić information content (AvgIpc) is 2.84. The molecule has 1 aromatic heterocycles. The van der Waals surface area contributed by atoms with Gasteiger partial charge in [-0.1, -0.05) is 30.3 Å². The molecule has 0 unspecified atom stereocenters. The molecule has 1 saturated heterocycles. The summed E-state index contributed by atoms with van der Waals surface area (Å²) in [5, 5.41) is 7.55. The first kappa shape index (κ1) is 20.5. The van der Waals surface area contributed by atoms with E-state index in [-0.39, 0.29) is 0 Å². The Bertz CT molecular complexity index is 991. The number of anilines is 3. The maximum absolute atomic E-state index is 5.44. The van der Waals surface area contributed by atoms with Crippen molar-refractivity contribution in [3.63, 3.8) is 0 Å². The number of ether oxygens (including phenoxy) is 2. The summed E-state index contributed by atoms with van der Waals surface area (Å²) >= 11 is 0. The highest BCUT2D eigenvalue weighted by Crippen LogP contribution is 2.16. The van der Waals surface area contributed by atoms with Crippen molar-refractivity contribution in [1.82, 2.24) is 15.0 Å². The van der Waals surface area contributed by atoms with E-state index in [1.54, 1.807) is 13.3 Å². The van der Waals surface area contributed by atoms with Gasteiger partial charge in [-0.15, -0.1) is 0 Å². The maximum atomic E-state index is 5.44. The predicted molar refractivity (Wildman–Crippen MR) is 121 cm³/mol. The van der Waals surface area contributed by atoms with Crippen molar-refractivity contribution in [2.75, 3.05) is 49.1 Å². The van der Waals surface area contributed by atoms with Crippen LogP contribution in [-0.4, -0.2) is 54.6 Å². The van der Waals surface area contributed by atoms with Gasteiger partial charge >= 0.3 is 0 Å². The van der Waals surface area contributed by atoms with Gasteiger partial charge in [0.1, 0.15) is 5.75 Å². The third-order valence-corrected chi connectivity index (χ3v) is 4.70. The third-order valence-electron chi connectivity index (χ3n) is 4.70. The third kappa shape index (κ3) is 5.89. The smallest absolute Gasteiger partial charge is 0.250 e. The van der Waals surface area contributed by atoms with E-state index in [9.17, 15) is 0 Å². The Balaban J connectivity index is 1.49. The largest absolute Gasteiger partial charge is 0.497 e. The second-order valence-corrected chi connectivity index (χ2v) is 6.86. The molecule has 3 aromatic rings. The number of hydrogen-bond acceptors (Lipinski definition) is 9. The van der Waals surface area contributed by atoms with Gasteiger partial charge in [0.15, 0.2) is 0 Å². The molecule has 0 spiro atoms. The van der Waals surface area contributed by atoms with E-state index >= 15 is 0 Å². The second-order valence-electron chi connectivity index (χ2n) is 6.86. The van der Waals surface area contributed by atoms with Crippen LogP contribution in [0.2, 0.25) is 0 Å². The molecule has 2 aromatic carbocycles. The van der Waals surface area contributed by atoms with Crippen molar-refractivity contribution >= 4 is 24.1 Å². The summed E-state index contributed by atoms with van der Waals surface area (Å²) in [6, 6.07) is 17.7. The van der Waals surface area contributed by atoms with E-state index in [2.05, 4.69) is 47.8 Å². The number of methoxy groups -OCH3 is 1. The Morgan fingerprint density at radius 1 is 1.00 bits per heavy atom. The summed E-state index contributed by atoms with van der Waals surface area (Å²) in [4.78, 5) is 15.7. The van der Waals surface area contributed by atoms with Crippen LogP contribution in [0.5, 0.6) is 5.75 Å². The molecule has 0 bridgehead atoms. The van der Waals surface area contributed by atoms with E-state index in [4.69, 9.17) is 9.47 Å². The quantitative estimate of drug-likeness (QED) is 0.425. The van der Waals surface area contributed by atoms with Crippen LogP contribution in [0.1, 0.15) is 11.1 Å². The molecule has 9 nitrogen and oxygen atoms in total. The molecule has 2 heterocycles. The van der Waals surface area contributed by atoms with Crippen LogP contribution in [-0.2, 0) is 11.3 Å². The minimum Gasteiger partial charge on any atom is -0.497 e. The molecular weight excluding hydrogens is 394 g/mol. The highest BCUT2D eigenvalue weighted by Gasteiger charge is 2.16. The number of morpholine rings is 1.